The largest absolute Gasteiger partial charge is 0.392 e. The van der Waals surface area contributed by atoms with Crippen molar-refractivity contribution in [2.45, 2.75) is 31.8 Å². The van der Waals surface area contributed by atoms with Gasteiger partial charge in [-0.25, -0.2) is 0 Å². The van der Waals surface area contributed by atoms with Gasteiger partial charge in [-0.1, -0.05) is 44.2 Å². The van der Waals surface area contributed by atoms with Gasteiger partial charge in [-0.05, 0) is 17.4 Å². The minimum Gasteiger partial charge on any atom is -0.392 e. The smallest absolute Gasteiger partial charge is 0.267 e. The van der Waals surface area contributed by atoms with Gasteiger partial charge in [-0.3, -0.25) is 4.55 Å². The van der Waals surface area contributed by atoms with Crippen LogP contribution in [0.1, 0.15) is 25.8 Å². The Morgan fingerprint density at radius 1 is 1.24 bits per heavy atom. The standard InChI is InChI=1S/C12H18O4S/c1-12(2,10-6-4-3-5-7-10)8-11(13)9-17(14,15)16/h3-7,11,13H,8-9H2,1-2H3,(H,14,15,16). The van der Waals surface area contributed by atoms with Crippen LogP contribution in [0.4, 0.5) is 0 Å². The van der Waals surface area contributed by atoms with Crippen LogP contribution < -0.4 is 0 Å². The molecule has 1 rings (SSSR count). The molecule has 0 aliphatic carbocycles. The molecule has 0 aliphatic rings. The normalized spacial score (nSPS) is 14.6. The van der Waals surface area contributed by atoms with Crippen molar-refractivity contribution in [1.82, 2.24) is 0 Å². The Bertz CT molecular complexity index is 451. The lowest BCUT2D eigenvalue weighted by Crippen LogP contribution is -2.29. The van der Waals surface area contributed by atoms with E-state index in [1.807, 2.05) is 44.2 Å². The predicted molar refractivity (Wildman–Crippen MR) is 66.5 cm³/mol. The highest BCUT2D eigenvalue weighted by Crippen LogP contribution is 2.28. The Labute approximate surface area is 102 Å². The molecule has 0 aliphatic heterocycles. The van der Waals surface area contributed by atoms with Gasteiger partial charge in [0.05, 0.1) is 6.10 Å². The van der Waals surface area contributed by atoms with Crippen molar-refractivity contribution >= 4 is 10.1 Å². The molecule has 1 aromatic carbocycles. The van der Waals surface area contributed by atoms with Crippen LogP contribution in [-0.2, 0) is 15.5 Å². The van der Waals surface area contributed by atoms with E-state index in [9.17, 15) is 13.5 Å². The summed E-state index contributed by atoms with van der Waals surface area (Å²) in [6, 6.07) is 9.55. The summed E-state index contributed by atoms with van der Waals surface area (Å²) in [5.41, 5.74) is 0.681. The number of rotatable bonds is 5. The van der Waals surface area contributed by atoms with E-state index in [1.165, 1.54) is 0 Å². The van der Waals surface area contributed by atoms with Crippen molar-refractivity contribution in [2.24, 2.45) is 0 Å². The molecule has 0 saturated carbocycles. The molecular weight excluding hydrogens is 240 g/mol. The second-order valence-electron chi connectivity index (χ2n) is 4.86. The average Bonchev–Trinajstić information content (AvgIpc) is 2.15. The van der Waals surface area contributed by atoms with E-state index < -0.39 is 22.0 Å². The van der Waals surface area contributed by atoms with Crippen LogP contribution in [0, 0.1) is 0 Å². The van der Waals surface area contributed by atoms with Gasteiger partial charge in [0, 0.05) is 0 Å². The van der Waals surface area contributed by atoms with Crippen LogP contribution >= 0.6 is 0 Å². The van der Waals surface area contributed by atoms with E-state index >= 15 is 0 Å². The minimum absolute atomic E-state index is 0.275. The third-order valence-corrected chi connectivity index (χ3v) is 3.51. The van der Waals surface area contributed by atoms with Crippen LogP contribution in [0.2, 0.25) is 0 Å². The van der Waals surface area contributed by atoms with Crippen molar-refractivity contribution < 1.29 is 18.1 Å². The van der Waals surface area contributed by atoms with Crippen molar-refractivity contribution in [2.75, 3.05) is 5.75 Å². The highest BCUT2D eigenvalue weighted by atomic mass is 32.2. The summed E-state index contributed by atoms with van der Waals surface area (Å²) in [5.74, 6) is -0.622. The topological polar surface area (TPSA) is 74.6 Å². The maximum atomic E-state index is 10.7. The summed E-state index contributed by atoms with van der Waals surface area (Å²) in [6.07, 6.45) is -0.795. The van der Waals surface area contributed by atoms with Gasteiger partial charge >= 0.3 is 0 Å². The predicted octanol–water partition coefficient (Wildman–Crippen LogP) is 1.60. The van der Waals surface area contributed by atoms with Gasteiger partial charge in [-0.2, -0.15) is 8.42 Å². The van der Waals surface area contributed by atoms with Gasteiger partial charge in [0.25, 0.3) is 10.1 Å². The summed E-state index contributed by atoms with van der Waals surface area (Å²) in [6.45, 7) is 3.85. The molecule has 0 bridgehead atoms. The average molecular weight is 258 g/mol. The molecule has 1 aromatic rings. The van der Waals surface area contributed by atoms with Gasteiger partial charge in [-0.15, -0.1) is 0 Å². The Kier molecular flexibility index (Phi) is 4.30. The number of benzene rings is 1. The molecule has 4 nitrogen and oxygen atoms in total. The Morgan fingerprint density at radius 2 is 1.76 bits per heavy atom. The number of hydrogen-bond acceptors (Lipinski definition) is 3. The lowest BCUT2D eigenvalue weighted by atomic mass is 9.80. The van der Waals surface area contributed by atoms with Crippen LogP contribution in [0.15, 0.2) is 30.3 Å². The third kappa shape index (κ3) is 4.85. The Morgan fingerprint density at radius 3 is 2.24 bits per heavy atom. The highest BCUT2D eigenvalue weighted by molar-refractivity contribution is 7.85. The summed E-state index contributed by atoms with van der Waals surface area (Å²) in [4.78, 5) is 0. The van der Waals surface area contributed by atoms with Gasteiger partial charge in [0.1, 0.15) is 5.75 Å². The summed E-state index contributed by atoms with van der Waals surface area (Å²) < 4.78 is 30.0. The zero-order valence-electron chi connectivity index (χ0n) is 10.00. The first-order valence-corrected chi connectivity index (χ1v) is 7.00. The Hall–Kier alpha value is -0.910. The summed E-state index contributed by atoms with van der Waals surface area (Å²) >= 11 is 0. The fourth-order valence-corrected chi connectivity index (χ4v) is 2.50. The molecule has 17 heavy (non-hydrogen) atoms. The van der Waals surface area contributed by atoms with Crippen molar-refractivity contribution in [1.29, 1.82) is 0 Å². The number of aliphatic hydroxyl groups is 1. The van der Waals surface area contributed by atoms with Crippen molar-refractivity contribution in [3.8, 4) is 0 Å². The molecule has 0 fully saturated rings. The van der Waals surface area contributed by atoms with E-state index in [-0.39, 0.29) is 11.8 Å². The highest BCUT2D eigenvalue weighted by Gasteiger charge is 2.26. The molecule has 1 atom stereocenters. The molecule has 96 valence electrons. The zero-order valence-corrected chi connectivity index (χ0v) is 10.8. The zero-order chi connectivity index (χ0) is 13.1. The molecule has 0 saturated heterocycles. The van der Waals surface area contributed by atoms with Crippen LogP contribution in [0.25, 0.3) is 0 Å². The first-order chi connectivity index (χ1) is 7.71. The summed E-state index contributed by atoms with van der Waals surface area (Å²) in [5, 5.41) is 9.64. The third-order valence-electron chi connectivity index (χ3n) is 2.70. The SMILES string of the molecule is CC(C)(CC(O)CS(=O)(=O)O)c1ccccc1. The van der Waals surface area contributed by atoms with E-state index in [1.54, 1.807) is 0 Å². The van der Waals surface area contributed by atoms with E-state index in [4.69, 9.17) is 4.55 Å². The second-order valence-corrected chi connectivity index (χ2v) is 6.35. The van der Waals surface area contributed by atoms with Gasteiger partial charge in [0.2, 0.25) is 0 Å². The molecule has 0 spiro atoms. The summed E-state index contributed by atoms with van der Waals surface area (Å²) in [7, 11) is -4.13. The maximum Gasteiger partial charge on any atom is 0.267 e. The molecular formula is C12H18O4S. The van der Waals surface area contributed by atoms with E-state index in [0.29, 0.717) is 0 Å². The van der Waals surface area contributed by atoms with Crippen LogP contribution in [-0.4, -0.2) is 29.9 Å². The minimum atomic E-state index is -4.13. The van der Waals surface area contributed by atoms with Crippen molar-refractivity contribution in [3.05, 3.63) is 35.9 Å². The van der Waals surface area contributed by atoms with Gasteiger partial charge in [0.15, 0.2) is 0 Å². The van der Waals surface area contributed by atoms with E-state index in [2.05, 4.69) is 0 Å². The quantitative estimate of drug-likeness (QED) is 0.787. The molecule has 2 N–H and O–H groups in total. The molecule has 0 radical (unpaired) electrons. The van der Waals surface area contributed by atoms with Crippen molar-refractivity contribution in [3.63, 3.8) is 0 Å². The fourth-order valence-electron chi connectivity index (χ4n) is 1.90. The lowest BCUT2D eigenvalue weighted by molar-refractivity contribution is 0.157. The molecule has 1 unspecified atom stereocenters. The number of aliphatic hydroxyl groups excluding tert-OH is 1. The number of hydrogen-bond donors (Lipinski definition) is 2. The first-order valence-electron chi connectivity index (χ1n) is 5.39. The van der Waals surface area contributed by atoms with Gasteiger partial charge < -0.3 is 5.11 Å². The van der Waals surface area contributed by atoms with E-state index in [0.717, 1.165) is 5.56 Å². The molecule has 0 aromatic heterocycles. The fraction of sp³-hybridized carbons (Fsp3) is 0.500. The second kappa shape index (κ2) is 5.16. The Balaban J connectivity index is 2.74. The molecule has 0 heterocycles. The molecule has 0 amide bonds. The van der Waals surface area contributed by atoms with Crippen LogP contribution in [0.3, 0.4) is 0 Å². The monoisotopic (exact) mass is 258 g/mol. The maximum absolute atomic E-state index is 10.7. The lowest BCUT2D eigenvalue weighted by Gasteiger charge is -2.27. The molecule has 5 heteroatoms. The first kappa shape index (κ1) is 14.2. The van der Waals surface area contributed by atoms with Crippen LogP contribution in [0.5, 0.6) is 0 Å².